The van der Waals surface area contributed by atoms with Crippen molar-refractivity contribution in [3.05, 3.63) is 115 Å². The van der Waals surface area contributed by atoms with Gasteiger partial charge in [0.1, 0.15) is 5.54 Å². The first-order chi connectivity index (χ1) is 18.2. The van der Waals surface area contributed by atoms with Crippen LogP contribution in [0.15, 0.2) is 77.5 Å². The van der Waals surface area contributed by atoms with Crippen LogP contribution in [0.1, 0.15) is 66.0 Å². The van der Waals surface area contributed by atoms with Crippen molar-refractivity contribution in [2.24, 2.45) is 5.92 Å². The van der Waals surface area contributed by atoms with Crippen LogP contribution in [0, 0.1) is 26.7 Å². The molecule has 0 aliphatic carbocycles. The van der Waals surface area contributed by atoms with Gasteiger partial charge in [-0.1, -0.05) is 42.5 Å². The van der Waals surface area contributed by atoms with Crippen LogP contribution in [-0.2, 0) is 4.79 Å². The van der Waals surface area contributed by atoms with Crippen molar-refractivity contribution in [2.45, 2.75) is 45.2 Å². The summed E-state index contributed by atoms with van der Waals surface area (Å²) in [4.78, 5) is 45.4. The zero-order valence-corrected chi connectivity index (χ0v) is 23.3. The second-order valence-electron chi connectivity index (χ2n) is 10.1. The molecule has 5 rings (SSSR count). The van der Waals surface area contributed by atoms with Gasteiger partial charge >= 0.3 is 5.97 Å². The number of rotatable bonds is 6. The van der Waals surface area contributed by atoms with E-state index in [9.17, 15) is 19.5 Å². The first kappa shape index (κ1) is 26.1. The van der Waals surface area contributed by atoms with Crippen LogP contribution in [0.2, 0.25) is 0 Å². The van der Waals surface area contributed by atoms with Crippen molar-refractivity contribution in [3.8, 4) is 0 Å². The third-order valence-corrected chi connectivity index (χ3v) is 10.0. The van der Waals surface area contributed by atoms with Crippen LogP contribution in [0.4, 0.5) is 0 Å². The van der Waals surface area contributed by atoms with Crippen LogP contribution in [-0.4, -0.2) is 33.2 Å². The summed E-state index contributed by atoms with van der Waals surface area (Å²) < 4.78 is 0. The molecule has 1 saturated heterocycles. The lowest BCUT2D eigenvalue weighted by molar-refractivity contribution is -0.148. The molecule has 1 fully saturated rings. The Morgan fingerprint density at radius 3 is 1.92 bits per heavy atom. The van der Waals surface area contributed by atoms with Crippen molar-refractivity contribution in [1.29, 1.82) is 0 Å². The molecule has 1 aliphatic rings. The van der Waals surface area contributed by atoms with E-state index >= 15 is 0 Å². The Hall–Kier alpha value is -3.55. The molecular weight excluding hydrogens is 514 g/mol. The summed E-state index contributed by atoms with van der Waals surface area (Å²) in [6.45, 7) is 7.40. The molecule has 1 aliphatic heterocycles. The van der Waals surface area contributed by atoms with E-state index < -0.39 is 35.3 Å². The van der Waals surface area contributed by atoms with Gasteiger partial charge in [-0.3, -0.25) is 9.59 Å². The number of nitrogens with zero attached hydrogens (tertiary/aromatic N) is 1. The number of ketones is 1. The SMILES string of the molecule is Cc1ccccc1C(=O)C1C(c2sccc2C)N(C(=O)c2ccccc2)C(C)(C(=O)O)C1c1sccc1C. The summed E-state index contributed by atoms with van der Waals surface area (Å²) in [7, 11) is 0. The van der Waals surface area contributed by atoms with Crippen LogP contribution < -0.4 is 0 Å². The number of carbonyl (C=O) groups is 3. The van der Waals surface area contributed by atoms with Gasteiger partial charge in [0.2, 0.25) is 0 Å². The lowest BCUT2D eigenvalue weighted by Crippen LogP contribution is -2.54. The molecule has 0 bridgehead atoms. The van der Waals surface area contributed by atoms with Crippen LogP contribution in [0.3, 0.4) is 0 Å². The maximum absolute atomic E-state index is 14.6. The standard InChI is InChI=1S/C31H29NO4S2/c1-18-10-8-9-13-22(18)26(33)23-24(27-19(2)14-16-37-27)31(4,30(35)36)32(25(23)28-20(3)15-17-38-28)29(34)21-11-6-5-7-12-21/h5-17,23-25H,1-4H3,(H,35,36). The largest absolute Gasteiger partial charge is 0.479 e. The van der Waals surface area contributed by atoms with Crippen molar-refractivity contribution >= 4 is 40.3 Å². The van der Waals surface area contributed by atoms with Gasteiger partial charge in [-0.2, -0.15) is 0 Å². The lowest BCUT2D eigenvalue weighted by Gasteiger charge is -2.37. The fraction of sp³-hybridized carbons (Fsp3) is 0.258. The van der Waals surface area contributed by atoms with E-state index in [-0.39, 0.29) is 5.78 Å². The molecule has 2 aromatic carbocycles. The van der Waals surface area contributed by atoms with Crippen LogP contribution >= 0.6 is 22.7 Å². The summed E-state index contributed by atoms with van der Waals surface area (Å²) in [5.74, 6) is -3.20. The van der Waals surface area contributed by atoms with Crippen LogP contribution in [0.5, 0.6) is 0 Å². The zero-order chi connectivity index (χ0) is 27.2. The fourth-order valence-electron chi connectivity index (χ4n) is 5.84. The highest BCUT2D eigenvalue weighted by Crippen LogP contribution is 2.59. The Morgan fingerprint density at radius 2 is 1.37 bits per heavy atom. The van der Waals surface area contributed by atoms with Gasteiger partial charge < -0.3 is 10.0 Å². The average Bonchev–Trinajstić information content (AvgIpc) is 3.59. The Labute approximate surface area is 230 Å². The van der Waals surface area contributed by atoms with Crippen molar-refractivity contribution in [3.63, 3.8) is 0 Å². The van der Waals surface area contributed by atoms with E-state index in [4.69, 9.17) is 0 Å². The van der Waals surface area contributed by atoms with Gasteiger partial charge in [-0.05, 0) is 79.4 Å². The number of likely N-dealkylation sites (tertiary alicyclic amines) is 1. The van der Waals surface area contributed by atoms with Crippen LogP contribution in [0.25, 0.3) is 0 Å². The van der Waals surface area contributed by atoms with E-state index in [2.05, 4.69) is 0 Å². The first-order valence-electron chi connectivity index (χ1n) is 12.5. The average molecular weight is 544 g/mol. The molecule has 1 amide bonds. The number of carboxylic acids is 1. The molecule has 0 radical (unpaired) electrons. The summed E-state index contributed by atoms with van der Waals surface area (Å²) in [6.07, 6.45) is 0. The third-order valence-electron chi connectivity index (χ3n) is 7.82. The number of carbonyl (C=O) groups excluding carboxylic acids is 2. The predicted molar refractivity (Wildman–Crippen MR) is 151 cm³/mol. The van der Waals surface area contributed by atoms with Gasteiger partial charge in [-0.15, -0.1) is 22.7 Å². The molecule has 1 N–H and O–H groups in total. The maximum atomic E-state index is 14.6. The number of hydrogen-bond donors (Lipinski definition) is 1. The Morgan fingerprint density at radius 1 is 0.789 bits per heavy atom. The Balaban J connectivity index is 1.84. The highest BCUT2D eigenvalue weighted by molar-refractivity contribution is 7.10. The normalized spacial score (nSPS) is 22.9. The molecule has 4 atom stereocenters. The van der Waals surface area contributed by atoms with Crippen molar-refractivity contribution in [1.82, 2.24) is 4.90 Å². The van der Waals surface area contributed by atoms with Crippen molar-refractivity contribution < 1.29 is 19.5 Å². The van der Waals surface area contributed by atoms with E-state index in [1.54, 1.807) is 37.3 Å². The van der Waals surface area contributed by atoms with Gasteiger partial charge in [0.05, 0.1) is 12.0 Å². The number of thiophene rings is 2. The molecular formula is C31H29NO4S2. The molecule has 38 heavy (non-hydrogen) atoms. The number of Topliss-reactive ketones (excluding diaryl/α,β-unsaturated/α-hetero) is 1. The Kier molecular flexibility index (Phi) is 6.84. The highest BCUT2D eigenvalue weighted by Gasteiger charge is 2.66. The second kappa shape index (κ2) is 9.97. The molecule has 4 unspecified atom stereocenters. The predicted octanol–water partition coefficient (Wildman–Crippen LogP) is 7.06. The minimum Gasteiger partial charge on any atom is -0.479 e. The first-order valence-corrected chi connectivity index (χ1v) is 14.2. The summed E-state index contributed by atoms with van der Waals surface area (Å²) in [5, 5.41) is 14.8. The smallest absolute Gasteiger partial charge is 0.330 e. The number of carboxylic acid groups (broad SMARTS) is 1. The summed E-state index contributed by atoms with van der Waals surface area (Å²) >= 11 is 2.91. The number of aliphatic carboxylic acids is 1. The quantitative estimate of drug-likeness (QED) is 0.264. The molecule has 7 heteroatoms. The van der Waals surface area contributed by atoms with Gasteiger partial charge in [0, 0.05) is 26.8 Å². The second-order valence-corrected chi connectivity index (χ2v) is 12.0. The number of hydrogen-bond acceptors (Lipinski definition) is 5. The molecule has 0 spiro atoms. The van der Waals surface area contributed by atoms with E-state index in [0.717, 1.165) is 26.4 Å². The maximum Gasteiger partial charge on any atom is 0.330 e. The minimum atomic E-state index is -1.67. The van der Waals surface area contributed by atoms with E-state index in [0.29, 0.717) is 11.1 Å². The molecule has 2 aromatic heterocycles. The number of aryl methyl sites for hydroxylation is 3. The summed E-state index contributed by atoms with van der Waals surface area (Å²) in [6, 6.07) is 19.3. The fourth-order valence-corrected chi connectivity index (χ4v) is 8.10. The lowest BCUT2D eigenvalue weighted by atomic mass is 9.74. The van der Waals surface area contributed by atoms with Gasteiger partial charge in [0.15, 0.2) is 5.78 Å². The molecule has 4 aromatic rings. The van der Waals surface area contributed by atoms with E-state index in [1.807, 2.05) is 67.9 Å². The molecule has 194 valence electrons. The topological polar surface area (TPSA) is 74.7 Å². The monoisotopic (exact) mass is 543 g/mol. The number of benzene rings is 2. The third kappa shape index (κ3) is 4.01. The number of amides is 1. The molecule has 5 nitrogen and oxygen atoms in total. The molecule has 3 heterocycles. The van der Waals surface area contributed by atoms with Gasteiger partial charge in [-0.25, -0.2) is 4.79 Å². The summed E-state index contributed by atoms with van der Waals surface area (Å²) in [5.41, 5.74) is 1.95. The Bertz CT molecular complexity index is 1520. The molecule has 0 saturated carbocycles. The minimum absolute atomic E-state index is 0.144. The van der Waals surface area contributed by atoms with E-state index in [1.165, 1.54) is 27.6 Å². The van der Waals surface area contributed by atoms with Gasteiger partial charge in [0.25, 0.3) is 5.91 Å². The highest BCUT2D eigenvalue weighted by atomic mass is 32.1. The van der Waals surface area contributed by atoms with Crippen molar-refractivity contribution in [2.75, 3.05) is 0 Å². The zero-order valence-electron chi connectivity index (χ0n) is 21.7.